The maximum atomic E-state index is 3.43. The van der Waals surface area contributed by atoms with Crippen LogP contribution in [0.3, 0.4) is 0 Å². The highest BCUT2D eigenvalue weighted by molar-refractivity contribution is 7.10. The van der Waals surface area contributed by atoms with Crippen molar-refractivity contribution in [2.24, 2.45) is 0 Å². The predicted octanol–water partition coefficient (Wildman–Crippen LogP) is 2.70. The third kappa shape index (κ3) is 1.41. The average Bonchev–Trinajstić information content (AvgIpc) is 2.98. The van der Waals surface area contributed by atoms with E-state index in [-0.39, 0.29) is 0 Å². The summed E-state index contributed by atoms with van der Waals surface area (Å²) < 4.78 is 0. The summed E-state index contributed by atoms with van der Waals surface area (Å²) in [5, 5.41) is 5.84. The Kier molecular flexibility index (Phi) is 2.14. The first-order valence-corrected chi connectivity index (χ1v) is 6.53. The average molecular weight is 207 g/mol. The minimum atomic E-state index is 0.731. The Labute approximate surface area is 89.5 Å². The van der Waals surface area contributed by atoms with Crippen molar-refractivity contribution in [2.45, 2.75) is 44.1 Å². The highest BCUT2D eigenvalue weighted by Gasteiger charge is 2.31. The van der Waals surface area contributed by atoms with Crippen molar-refractivity contribution in [3.05, 3.63) is 21.4 Å². The molecule has 1 atom stereocenters. The van der Waals surface area contributed by atoms with Gasteiger partial charge in [0.05, 0.1) is 0 Å². The van der Waals surface area contributed by atoms with Crippen molar-refractivity contribution < 1.29 is 0 Å². The monoisotopic (exact) mass is 207 g/mol. The van der Waals surface area contributed by atoms with E-state index in [0.717, 1.165) is 12.0 Å². The lowest BCUT2D eigenvalue weighted by molar-refractivity contribution is 0.496. The summed E-state index contributed by atoms with van der Waals surface area (Å²) in [5.74, 6) is 0.944. The van der Waals surface area contributed by atoms with Crippen LogP contribution < -0.4 is 5.32 Å². The molecule has 1 saturated carbocycles. The molecule has 3 rings (SSSR count). The number of fused-ring (bicyclic) bond motifs is 1. The van der Waals surface area contributed by atoms with Gasteiger partial charge in [0.25, 0.3) is 0 Å². The summed E-state index contributed by atoms with van der Waals surface area (Å²) in [7, 11) is 2.10. The zero-order valence-electron chi connectivity index (χ0n) is 8.68. The highest BCUT2D eigenvalue weighted by atomic mass is 32.1. The van der Waals surface area contributed by atoms with Gasteiger partial charge < -0.3 is 5.32 Å². The van der Waals surface area contributed by atoms with Crippen LogP contribution in [-0.4, -0.2) is 13.1 Å². The lowest BCUT2D eigenvalue weighted by Crippen LogP contribution is -2.31. The number of thiophene rings is 1. The van der Waals surface area contributed by atoms with Gasteiger partial charge in [0.1, 0.15) is 0 Å². The van der Waals surface area contributed by atoms with Gasteiger partial charge in [-0.25, -0.2) is 0 Å². The quantitative estimate of drug-likeness (QED) is 0.786. The van der Waals surface area contributed by atoms with E-state index in [1.807, 2.05) is 11.3 Å². The third-order valence-corrected chi connectivity index (χ3v) is 4.82. The van der Waals surface area contributed by atoms with Gasteiger partial charge in [-0.3, -0.25) is 0 Å². The van der Waals surface area contributed by atoms with E-state index in [9.17, 15) is 0 Å². The summed E-state index contributed by atoms with van der Waals surface area (Å²) in [6.45, 7) is 0. The first kappa shape index (κ1) is 8.93. The SMILES string of the molecule is CNC1CCc2csc(C3CC3)c2C1. The van der Waals surface area contributed by atoms with Gasteiger partial charge in [0.15, 0.2) is 0 Å². The summed E-state index contributed by atoms with van der Waals surface area (Å²) >= 11 is 2.02. The Bertz CT molecular complexity index is 338. The van der Waals surface area contributed by atoms with Crippen LogP contribution in [0.5, 0.6) is 0 Å². The third-order valence-electron chi connectivity index (χ3n) is 3.58. The zero-order valence-corrected chi connectivity index (χ0v) is 9.49. The Morgan fingerprint density at radius 2 is 2.21 bits per heavy atom. The molecule has 0 aromatic carbocycles. The number of hydrogen-bond acceptors (Lipinski definition) is 2. The van der Waals surface area contributed by atoms with Crippen LogP contribution >= 0.6 is 11.3 Å². The summed E-state index contributed by atoms with van der Waals surface area (Å²) in [4.78, 5) is 1.72. The van der Waals surface area contributed by atoms with Crippen molar-refractivity contribution in [3.8, 4) is 0 Å². The Balaban J connectivity index is 1.91. The largest absolute Gasteiger partial charge is 0.317 e. The highest BCUT2D eigenvalue weighted by Crippen LogP contribution is 2.46. The molecule has 1 aromatic rings. The predicted molar refractivity (Wildman–Crippen MR) is 61.2 cm³/mol. The van der Waals surface area contributed by atoms with Crippen LogP contribution in [0.4, 0.5) is 0 Å². The number of aryl methyl sites for hydroxylation is 1. The van der Waals surface area contributed by atoms with Crippen molar-refractivity contribution in [1.29, 1.82) is 0 Å². The Morgan fingerprint density at radius 1 is 1.36 bits per heavy atom. The van der Waals surface area contributed by atoms with Crippen molar-refractivity contribution >= 4 is 11.3 Å². The van der Waals surface area contributed by atoms with E-state index in [1.165, 1.54) is 32.1 Å². The normalized spacial score (nSPS) is 26.2. The molecule has 1 aromatic heterocycles. The Hall–Kier alpha value is -0.340. The molecule has 0 bridgehead atoms. The van der Waals surface area contributed by atoms with Crippen LogP contribution in [0.15, 0.2) is 5.38 Å². The van der Waals surface area contributed by atoms with Crippen LogP contribution in [0, 0.1) is 0 Å². The van der Waals surface area contributed by atoms with Gasteiger partial charge in [-0.2, -0.15) is 0 Å². The molecule has 0 saturated heterocycles. The van der Waals surface area contributed by atoms with E-state index in [2.05, 4.69) is 17.7 Å². The van der Waals surface area contributed by atoms with Crippen LogP contribution in [0.2, 0.25) is 0 Å². The smallest absolute Gasteiger partial charge is 0.0112 e. The molecule has 14 heavy (non-hydrogen) atoms. The van der Waals surface area contributed by atoms with E-state index in [1.54, 1.807) is 16.0 Å². The zero-order chi connectivity index (χ0) is 9.54. The first-order chi connectivity index (χ1) is 6.88. The maximum absolute atomic E-state index is 3.43. The molecule has 0 radical (unpaired) electrons. The number of rotatable bonds is 2. The molecule has 2 heteroatoms. The van der Waals surface area contributed by atoms with E-state index in [4.69, 9.17) is 0 Å². The minimum Gasteiger partial charge on any atom is -0.317 e. The molecule has 1 N–H and O–H groups in total. The summed E-state index contributed by atoms with van der Waals surface area (Å²) in [6, 6.07) is 0.731. The van der Waals surface area contributed by atoms with Crippen molar-refractivity contribution in [3.63, 3.8) is 0 Å². The van der Waals surface area contributed by atoms with Gasteiger partial charge >= 0.3 is 0 Å². The molecule has 2 aliphatic carbocycles. The second-order valence-electron chi connectivity index (χ2n) is 4.61. The maximum Gasteiger partial charge on any atom is 0.0112 e. The van der Waals surface area contributed by atoms with E-state index in [0.29, 0.717) is 0 Å². The van der Waals surface area contributed by atoms with Crippen LogP contribution in [0.25, 0.3) is 0 Å². The summed E-state index contributed by atoms with van der Waals surface area (Å²) in [5.41, 5.74) is 3.37. The molecule has 1 heterocycles. The number of nitrogens with one attached hydrogen (secondary N) is 1. The van der Waals surface area contributed by atoms with Gasteiger partial charge in [-0.1, -0.05) is 0 Å². The fourth-order valence-corrected chi connectivity index (χ4v) is 3.80. The standard InChI is InChI=1S/C12H17NS/c1-13-10-5-4-9-7-14-12(8-2-3-8)11(9)6-10/h7-8,10,13H,2-6H2,1H3. The molecule has 1 nitrogen and oxygen atoms in total. The first-order valence-electron chi connectivity index (χ1n) is 5.65. The fourth-order valence-electron chi connectivity index (χ4n) is 2.49. The molecule has 1 fully saturated rings. The summed E-state index contributed by atoms with van der Waals surface area (Å²) in [6.07, 6.45) is 6.78. The number of hydrogen-bond donors (Lipinski definition) is 1. The van der Waals surface area contributed by atoms with Crippen LogP contribution in [-0.2, 0) is 12.8 Å². The molecule has 0 amide bonds. The van der Waals surface area contributed by atoms with Crippen molar-refractivity contribution in [1.82, 2.24) is 5.32 Å². The molecule has 1 unspecified atom stereocenters. The van der Waals surface area contributed by atoms with Gasteiger partial charge in [0.2, 0.25) is 0 Å². The van der Waals surface area contributed by atoms with Gasteiger partial charge in [-0.05, 0) is 61.6 Å². The number of likely N-dealkylation sites (N-methyl/N-ethyl adjacent to an activating group) is 1. The van der Waals surface area contributed by atoms with Crippen LogP contribution in [0.1, 0.15) is 41.2 Å². The Morgan fingerprint density at radius 3 is 2.93 bits per heavy atom. The molecule has 2 aliphatic rings. The molecular weight excluding hydrogens is 190 g/mol. The molecule has 0 aliphatic heterocycles. The topological polar surface area (TPSA) is 12.0 Å². The lowest BCUT2D eigenvalue weighted by Gasteiger charge is -2.22. The van der Waals surface area contributed by atoms with Gasteiger partial charge in [0, 0.05) is 10.9 Å². The fraction of sp³-hybridized carbons (Fsp3) is 0.667. The second kappa shape index (κ2) is 3.35. The molecular formula is C12H17NS. The van der Waals surface area contributed by atoms with Crippen molar-refractivity contribution in [2.75, 3.05) is 7.05 Å². The van der Waals surface area contributed by atoms with E-state index >= 15 is 0 Å². The molecule has 76 valence electrons. The lowest BCUT2D eigenvalue weighted by atomic mass is 9.89. The van der Waals surface area contributed by atoms with Gasteiger partial charge in [-0.15, -0.1) is 11.3 Å². The molecule has 0 spiro atoms. The van der Waals surface area contributed by atoms with E-state index < -0.39 is 0 Å². The minimum absolute atomic E-state index is 0.731. The second-order valence-corrected chi connectivity index (χ2v) is 5.52.